The number of nitrogens with zero attached hydrogens (tertiary/aromatic N) is 1. The summed E-state index contributed by atoms with van der Waals surface area (Å²) in [4.78, 5) is 14.8. The van der Waals surface area contributed by atoms with Crippen molar-refractivity contribution in [2.75, 3.05) is 25.0 Å². The number of hydrogen-bond acceptors (Lipinski definition) is 2. The fraction of sp³-hybridized carbons (Fsp3) is 0.588. The predicted octanol–water partition coefficient (Wildman–Crippen LogP) is 3.77. The zero-order chi connectivity index (χ0) is 14.6. The lowest BCUT2D eigenvalue weighted by Crippen LogP contribution is -2.32. The first-order valence-electron chi connectivity index (χ1n) is 7.66. The van der Waals surface area contributed by atoms with Crippen LogP contribution in [0.1, 0.15) is 50.4 Å². The first-order valence-corrected chi connectivity index (χ1v) is 7.66. The largest absolute Gasteiger partial charge is 0.385 e. The minimum absolute atomic E-state index is 0.166. The van der Waals surface area contributed by atoms with Crippen LogP contribution in [0.15, 0.2) is 24.3 Å². The second-order valence-electron chi connectivity index (χ2n) is 6.39. The Morgan fingerprint density at radius 1 is 1.25 bits per heavy atom. The normalized spacial score (nSPS) is 18.4. The van der Waals surface area contributed by atoms with Gasteiger partial charge < -0.3 is 10.2 Å². The van der Waals surface area contributed by atoms with Crippen molar-refractivity contribution < 1.29 is 4.79 Å². The highest BCUT2D eigenvalue weighted by molar-refractivity contribution is 5.99. The van der Waals surface area contributed by atoms with E-state index in [1.54, 1.807) is 0 Å². The van der Waals surface area contributed by atoms with Crippen LogP contribution < -0.4 is 5.32 Å². The summed E-state index contributed by atoms with van der Waals surface area (Å²) >= 11 is 0. The molecule has 2 rings (SSSR count). The molecule has 0 aromatic heterocycles. The molecule has 1 saturated heterocycles. The molecule has 1 aliphatic heterocycles. The third kappa shape index (κ3) is 3.53. The van der Waals surface area contributed by atoms with Crippen LogP contribution in [0, 0.1) is 5.41 Å². The number of amides is 1. The van der Waals surface area contributed by atoms with Crippen LogP contribution in [-0.4, -0.2) is 30.4 Å². The van der Waals surface area contributed by atoms with Gasteiger partial charge in [0.25, 0.3) is 5.91 Å². The Morgan fingerprint density at radius 2 is 2.00 bits per heavy atom. The molecule has 0 atom stereocenters. The van der Waals surface area contributed by atoms with Crippen LogP contribution in [0.3, 0.4) is 0 Å². The molecule has 0 radical (unpaired) electrons. The van der Waals surface area contributed by atoms with Crippen LogP contribution in [0.4, 0.5) is 5.69 Å². The van der Waals surface area contributed by atoms with E-state index in [0.717, 1.165) is 43.7 Å². The van der Waals surface area contributed by atoms with Crippen LogP contribution in [-0.2, 0) is 0 Å². The molecule has 3 nitrogen and oxygen atoms in total. The van der Waals surface area contributed by atoms with Crippen molar-refractivity contribution in [1.29, 1.82) is 0 Å². The monoisotopic (exact) mass is 274 g/mol. The molecule has 0 bridgehead atoms. The van der Waals surface area contributed by atoms with E-state index in [4.69, 9.17) is 0 Å². The Kier molecular flexibility index (Phi) is 4.69. The van der Waals surface area contributed by atoms with E-state index in [1.165, 1.54) is 6.42 Å². The maximum absolute atomic E-state index is 12.7. The summed E-state index contributed by atoms with van der Waals surface area (Å²) < 4.78 is 0. The molecule has 1 aromatic carbocycles. The van der Waals surface area contributed by atoms with Gasteiger partial charge in [-0.1, -0.05) is 26.0 Å². The predicted molar refractivity (Wildman–Crippen MR) is 84.1 cm³/mol. The molecule has 1 heterocycles. The molecule has 1 amide bonds. The topological polar surface area (TPSA) is 32.3 Å². The highest BCUT2D eigenvalue weighted by atomic mass is 16.2. The highest BCUT2D eigenvalue weighted by Crippen LogP contribution is 2.30. The van der Waals surface area contributed by atoms with Crippen molar-refractivity contribution in [1.82, 2.24) is 4.90 Å². The molecule has 0 saturated carbocycles. The number of rotatable bonds is 3. The van der Waals surface area contributed by atoms with Gasteiger partial charge in [0, 0.05) is 25.3 Å². The average Bonchev–Trinajstić information content (AvgIpc) is 2.60. The first kappa shape index (κ1) is 14.9. The van der Waals surface area contributed by atoms with Gasteiger partial charge in [-0.3, -0.25) is 4.79 Å². The van der Waals surface area contributed by atoms with Crippen LogP contribution in [0.5, 0.6) is 0 Å². The van der Waals surface area contributed by atoms with Gasteiger partial charge in [-0.2, -0.15) is 0 Å². The summed E-state index contributed by atoms with van der Waals surface area (Å²) in [5.41, 5.74) is 2.11. The lowest BCUT2D eigenvalue weighted by atomic mass is 9.85. The van der Waals surface area contributed by atoms with E-state index < -0.39 is 0 Å². The number of carbonyl (C=O) groups is 1. The second-order valence-corrected chi connectivity index (χ2v) is 6.39. The molecule has 1 fully saturated rings. The maximum atomic E-state index is 12.7. The lowest BCUT2D eigenvalue weighted by Gasteiger charge is -2.24. The SMILES string of the molecule is CCNc1ccccc1C(=O)N1CCCC(C)(C)CC1. The van der Waals surface area contributed by atoms with E-state index in [9.17, 15) is 4.79 Å². The van der Waals surface area contributed by atoms with Gasteiger partial charge >= 0.3 is 0 Å². The molecule has 0 spiro atoms. The van der Waals surface area contributed by atoms with Gasteiger partial charge in [0.2, 0.25) is 0 Å². The van der Waals surface area contributed by atoms with Crippen LogP contribution >= 0.6 is 0 Å². The highest BCUT2D eigenvalue weighted by Gasteiger charge is 2.26. The molecule has 1 aromatic rings. The Balaban J connectivity index is 2.15. The van der Waals surface area contributed by atoms with E-state index in [2.05, 4.69) is 26.1 Å². The van der Waals surface area contributed by atoms with Crippen molar-refractivity contribution in [2.24, 2.45) is 5.41 Å². The molecule has 1 aliphatic rings. The first-order chi connectivity index (χ1) is 9.53. The molecule has 0 aliphatic carbocycles. The summed E-state index contributed by atoms with van der Waals surface area (Å²) in [6.45, 7) is 9.23. The number of benzene rings is 1. The summed E-state index contributed by atoms with van der Waals surface area (Å²) in [5, 5.41) is 3.28. The Labute approximate surface area is 122 Å². The minimum Gasteiger partial charge on any atom is -0.385 e. The molecule has 3 heteroatoms. The molecule has 20 heavy (non-hydrogen) atoms. The standard InChI is InChI=1S/C17H26N2O/c1-4-18-15-9-6-5-8-14(15)16(20)19-12-7-10-17(2,3)11-13-19/h5-6,8-9,18H,4,7,10-13H2,1-3H3. The number of para-hydroxylation sites is 1. The molecular weight excluding hydrogens is 248 g/mol. The van der Waals surface area contributed by atoms with Crippen molar-refractivity contribution in [3.63, 3.8) is 0 Å². The van der Waals surface area contributed by atoms with Gasteiger partial charge in [-0.05, 0) is 43.7 Å². The molecular formula is C17H26N2O. The van der Waals surface area contributed by atoms with Crippen molar-refractivity contribution in [3.05, 3.63) is 29.8 Å². The Morgan fingerprint density at radius 3 is 2.75 bits per heavy atom. The Hall–Kier alpha value is -1.51. The van der Waals surface area contributed by atoms with Crippen molar-refractivity contribution in [2.45, 2.75) is 40.0 Å². The number of nitrogens with one attached hydrogen (secondary N) is 1. The smallest absolute Gasteiger partial charge is 0.255 e. The van der Waals surface area contributed by atoms with Crippen molar-refractivity contribution >= 4 is 11.6 Å². The van der Waals surface area contributed by atoms with E-state index in [1.807, 2.05) is 29.2 Å². The summed E-state index contributed by atoms with van der Waals surface area (Å²) in [5.74, 6) is 0.166. The fourth-order valence-corrected chi connectivity index (χ4v) is 2.81. The van der Waals surface area contributed by atoms with Gasteiger partial charge in [0.15, 0.2) is 0 Å². The zero-order valence-electron chi connectivity index (χ0n) is 12.9. The lowest BCUT2D eigenvalue weighted by molar-refractivity contribution is 0.0758. The van der Waals surface area contributed by atoms with Gasteiger partial charge in [-0.15, -0.1) is 0 Å². The van der Waals surface area contributed by atoms with E-state index >= 15 is 0 Å². The van der Waals surface area contributed by atoms with E-state index in [-0.39, 0.29) is 5.91 Å². The summed E-state index contributed by atoms with van der Waals surface area (Å²) in [6.07, 6.45) is 3.38. The summed E-state index contributed by atoms with van der Waals surface area (Å²) in [6, 6.07) is 7.82. The second kappa shape index (κ2) is 6.29. The third-order valence-corrected chi connectivity index (χ3v) is 4.15. The zero-order valence-corrected chi connectivity index (χ0v) is 12.9. The number of likely N-dealkylation sites (tertiary alicyclic amines) is 1. The van der Waals surface area contributed by atoms with Crippen LogP contribution in [0.2, 0.25) is 0 Å². The molecule has 1 N–H and O–H groups in total. The summed E-state index contributed by atoms with van der Waals surface area (Å²) in [7, 11) is 0. The van der Waals surface area contributed by atoms with Crippen LogP contribution in [0.25, 0.3) is 0 Å². The number of hydrogen-bond donors (Lipinski definition) is 1. The quantitative estimate of drug-likeness (QED) is 0.910. The molecule has 0 unspecified atom stereocenters. The Bertz CT molecular complexity index is 468. The van der Waals surface area contributed by atoms with Gasteiger partial charge in [0.05, 0.1) is 5.56 Å². The third-order valence-electron chi connectivity index (χ3n) is 4.15. The number of anilines is 1. The minimum atomic E-state index is 0.166. The number of carbonyl (C=O) groups excluding carboxylic acids is 1. The van der Waals surface area contributed by atoms with Gasteiger partial charge in [0.1, 0.15) is 0 Å². The van der Waals surface area contributed by atoms with Crippen molar-refractivity contribution in [3.8, 4) is 0 Å². The fourth-order valence-electron chi connectivity index (χ4n) is 2.81. The molecule has 110 valence electrons. The van der Waals surface area contributed by atoms with Gasteiger partial charge in [-0.25, -0.2) is 0 Å². The average molecular weight is 274 g/mol. The maximum Gasteiger partial charge on any atom is 0.255 e. The van der Waals surface area contributed by atoms with E-state index in [0.29, 0.717) is 5.41 Å².